The van der Waals surface area contributed by atoms with Crippen molar-refractivity contribution in [2.45, 2.75) is 6.92 Å². The summed E-state index contributed by atoms with van der Waals surface area (Å²) in [6, 6.07) is 0. The Kier molecular flexibility index (Phi) is 2.00. The molecule has 0 fully saturated rings. The molecule has 0 amide bonds. The van der Waals surface area contributed by atoms with Gasteiger partial charge in [0.2, 0.25) is 0 Å². The van der Waals surface area contributed by atoms with Crippen LogP contribution in [0.25, 0.3) is 0 Å². The third-order valence-electron chi connectivity index (χ3n) is 1.09. The highest BCUT2D eigenvalue weighted by atomic mass is 32.1. The molecule has 4 nitrogen and oxygen atoms in total. The first kappa shape index (κ1) is 7.87. The molecule has 1 N–H and O–H groups in total. The Labute approximate surface area is 66.5 Å². The maximum absolute atomic E-state index is 10.7. The van der Waals surface area contributed by atoms with Crippen molar-refractivity contribution in [1.82, 2.24) is 4.98 Å². The molecule has 1 rings (SSSR count). The molecule has 0 bridgehead atoms. The minimum atomic E-state index is -1.16. The second-order valence-electron chi connectivity index (χ2n) is 1.89. The lowest BCUT2D eigenvalue weighted by Crippen LogP contribution is -2.03. The summed E-state index contributed by atoms with van der Waals surface area (Å²) in [5.74, 6) is -1.42. The number of hydrogen-bond donors (Lipinski definition) is 1. The highest BCUT2D eigenvalue weighted by molar-refractivity contribution is 7.12. The van der Waals surface area contributed by atoms with E-state index in [1.165, 1.54) is 12.4 Å². The normalized spacial score (nSPS) is 9.55. The summed E-state index contributed by atoms with van der Waals surface area (Å²) in [5.41, 5.74) is 1.20. The van der Waals surface area contributed by atoms with Crippen LogP contribution in [0.15, 0.2) is 5.51 Å². The number of thiazole rings is 1. The molecule has 0 saturated heterocycles. The van der Waals surface area contributed by atoms with Crippen LogP contribution in [0.5, 0.6) is 0 Å². The monoisotopic (exact) mass is 171 g/mol. The lowest BCUT2D eigenvalue weighted by molar-refractivity contribution is 0.0687. The number of carboxylic acids is 1. The lowest BCUT2D eigenvalue weighted by Gasteiger charge is -1.89. The molecule has 1 heterocycles. The molecule has 0 aliphatic heterocycles. The number of aromatic nitrogens is 1. The average molecular weight is 171 g/mol. The number of hydrogen-bond acceptors (Lipinski definition) is 4. The smallest absolute Gasteiger partial charge is 0.356 e. The molecule has 5 heteroatoms. The highest BCUT2D eigenvalue weighted by Crippen LogP contribution is 2.13. The van der Waals surface area contributed by atoms with Crippen molar-refractivity contribution in [1.29, 1.82) is 0 Å². The molecular formula is C6H5NO3S. The molecular weight excluding hydrogens is 166 g/mol. The SMILES string of the molecule is CC(=O)c1scnc1C(=O)O. The second kappa shape index (κ2) is 2.79. The third kappa shape index (κ3) is 1.43. The highest BCUT2D eigenvalue weighted by Gasteiger charge is 2.15. The molecule has 11 heavy (non-hydrogen) atoms. The van der Waals surface area contributed by atoms with Crippen molar-refractivity contribution >= 4 is 23.1 Å². The number of ketones is 1. The lowest BCUT2D eigenvalue weighted by atomic mass is 10.3. The van der Waals surface area contributed by atoms with Gasteiger partial charge in [-0.1, -0.05) is 0 Å². The molecule has 58 valence electrons. The summed E-state index contributed by atoms with van der Waals surface area (Å²) < 4.78 is 0. The van der Waals surface area contributed by atoms with Crippen LogP contribution in [0.4, 0.5) is 0 Å². The number of carbonyl (C=O) groups is 2. The van der Waals surface area contributed by atoms with Crippen molar-refractivity contribution in [3.63, 3.8) is 0 Å². The minimum Gasteiger partial charge on any atom is -0.476 e. The number of Topliss-reactive ketones (excluding diaryl/α,β-unsaturated/α-hetero) is 1. The van der Waals surface area contributed by atoms with E-state index in [0.717, 1.165) is 11.3 Å². The molecule has 0 aliphatic carbocycles. The van der Waals surface area contributed by atoms with E-state index in [1.54, 1.807) is 0 Å². The average Bonchev–Trinajstić information content (AvgIpc) is 2.32. The Morgan fingerprint density at radius 1 is 1.64 bits per heavy atom. The van der Waals surface area contributed by atoms with Gasteiger partial charge in [0.05, 0.1) is 5.51 Å². The summed E-state index contributed by atoms with van der Waals surface area (Å²) in [6.45, 7) is 1.32. The number of rotatable bonds is 2. The summed E-state index contributed by atoms with van der Waals surface area (Å²) in [5, 5.41) is 8.50. The molecule has 0 saturated carbocycles. The Bertz CT molecular complexity index is 276. The van der Waals surface area contributed by atoms with E-state index < -0.39 is 5.97 Å². The first-order valence-corrected chi connectivity index (χ1v) is 3.68. The van der Waals surface area contributed by atoms with Crippen LogP contribution in [0.3, 0.4) is 0 Å². The van der Waals surface area contributed by atoms with Gasteiger partial charge in [0.25, 0.3) is 0 Å². The third-order valence-corrected chi connectivity index (χ3v) is 2.02. The van der Waals surface area contributed by atoms with Gasteiger partial charge in [0.15, 0.2) is 11.5 Å². The maximum atomic E-state index is 10.7. The number of carboxylic acid groups (broad SMARTS) is 1. The maximum Gasteiger partial charge on any atom is 0.356 e. The Morgan fingerprint density at radius 2 is 2.27 bits per heavy atom. The van der Waals surface area contributed by atoms with Gasteiger partial charge < -0.3 is 5.11 Å². The van der Waals surface area contributed by atoms with Crippen molar-refractivity contribution in [2.24, 2.45) is 0 Å². The van der Waals surface area contributed by atoms with Crippen molar-refractivity contribution in [3.8, 4) is 0 Å². The summed E-state index contributed by atoms with van der Waals surface area (Å²) in [6.07, 6.45) is 0. The number of carbonyl (C=O) groups excluding carboxylic acids is 1. The zero-order chi connectivity index (χ0) is 8.43. The quantitative estimate of drug-likeness (QED) is 0.675. The van der Waals surface area contributed by atoms with Crippen LogP contribution in [-0.4, -0.2) is 21.8 Å². The van der Waals surface area contributed by atoms with Gasteiger partial charge in [0.1, 0.15) is 4.88 Å². The largest absolute Gasteiger partial charge is 0.476 e. The van der Waals surface area contributed by atoms with Gasteiger partial charge in [-0.25, -0.2) is 9.78 Å². The van der Waals surface area contributed by atoms with E-state index in [4.69, 9.17) is 5.11 Å². The van der Waals surface area contributed by atoms with Gasteiger partial charge in [-0.2, -0.15) is 0 Å². The fourth-order valence-electron chi connectivity index (χ4n) is 0.648. The Morgan fingerprint density at radius 3 is 2.64 bits per heavy atom. The van der Waals surface area contributed by atoms with Gasteiger partial charge in [-0.15, -0.1) is 11.3 Å². The van der Waals surface area contributed by atoms with Crippen molar-refractivity contribution in [2.75, 3.05) is 0 Å². The zero-order valence-corrected chi connectivity index (χ0v) is 6.51. The second-order valence-corrected chi connectivity index (χ2v) is 2.75. The predicted molar refractivity (Wildman–Crippen MR) is 39.1 cm³/mol. The summed E-state index contributed by atoms with van der Waals surface area (Å²) in [7, 11) is 0. The van der Waals surface area contributed by atoms with E-state index in [0.29, 0.717) is 0 Å². The number of nitrogens with zero attached hydrogens (tertiary/aromatic N) is 1. The van der Waals surface area contributed by atoms with Crippen LogP contribution >= 0.6 is 11.3 Å². The number of aromatic carboxylic acids is 1. The minimum absolute atomic E-state index is 0.150. The van der Waals surface area contributed by atoms with Gasteiger partial charge in [0, 0.05) is 6.92 Å². The fraction of sp³-hybridized carbons (Fsp3) is 0.167. The van der Waals surface area contributed by atoms with Crippen LogP contribution in [-0.2, 0) is 0 Å². The molecule has 1 aromatic heterocycles. The fourth-order valence-corrected chi connectivity index (χ4v) is 1.33. The molecule has 0 aliphatic rings. The van der Waals surface area contributed by atoms with Gasteiger partial charge in [-0.05, 0) is 0 Å². The summed E-state index contributed by atoms with van der Waals surface area (Å²) >= 11 is 1.04. The van der Waals surface area contributed by atoms with Gasteiger partial charge in [-0.3, -0.25) is 4.79 Å². The topological polar surface area (TPSA) is 67.3 Å². The van der Waals surface area contributed by atoms with Crippen molar-refractivity contribution in [3.05, 3.63) is 16.1 Å². The molecule has 0 radical (unpaired) electrons. The molecule has 0 spiro atoms. The van der Waals surface area contributed by atoms with Crippen molar-refractivity contribution < 1.29 is 14.7 Å². The first-order valence-electron chi connectivity index (χ1n) is 2.80. The molecule has 0 unspecified atom stereocenters. The van der Waals surface area contributed by atoms with Crippen LogP contribution in [0, 0.1) is 0 Å². The van der Waals surface area contributed by atoms with Crippen LogP contribution in [0.1, 0.15) is 27.1 Å². The summed E-state index contributed by atoms with van der Waals surface area (Å²) in [4.78, 5) is 24.9. The van der Waals surface area contributed by atoms with E-state index in [1.807, 2.05) is 0 Å². The van der Waals surface area contributed by atoms with E-state index in [-0.39, 0.29) is 16.4 Å². The van der Waals surface area contributed by atoms with E-state index >= 15 is 0 Å². The van der Waals surface area contributed by atoms with E-state index in [2.05, 4.69) is 4.98 Å². The zero-order valence-electron chi connectivity index (χ0n) is 5.70. The van der Waals surface area contributed by atoms with Gasteiger partial charge >= 0.3 is 5.97 Å². The Balaban J connectivity index is 3.16. The first-order chi connectivity index (χ1) is 5.13. The van der Waals surface area contributed by atoms with Crippen LogP contribution < -0.4 is 0 Å². The van der Waals surface area contributed by atoms with Crippen LogP contribution in [0.2, 0.25) is 0 Å². The standard InChI is InChI=1S/C6H5NO3S/c1-3(8)5-4(6(9)10)7-2-11-5/h2H,1H3,(H,9,10). The van der Waals surface area contributed by atoms with E-state index in [9.17, 15) is 9.59 Å². The molecule has 0 aromatic carbocycles. The molecule has 1 aromatic rings. The Hall–Kier alpha value is -1.23. The molecule has 0 atom stereocenters. The predicted octanol–water partition coefficient (Wildman–Crippen LogP) is 1.04.